The molecule has 4 heteroatoms. The molecule has 1 atom stereocenters. The summed E-state index contributed by atoms with van der Waals surface area (Å²) in [6.07, 6.45) is 1.43. The van der Waals surface area contributed by atoms with E-state index in [1.165, 1.54) is 0 Å². The SMILES string of the molecule is C[C@@H](O)Cn1cc(N)c2ccc(OCc3ccccc3)cc21. The molecule has 0 aliphatic heterocycles. The zero-order chi connectivity index (χ0) is 15.5. The lowest BCUT2D eigenvalue weighted by atomic mass is 10.2. The summed E-state index contributed by atoms with van der Waals surface area (Å²) < 4.78 is 7.82. The van der Waals surface area contributed by atoms with Gasteiger partial charge in [0.1, 0.15) is 12.4 Å². The molecule has 4 nitrogen and oxygen atoms in total. The van der Waals surface area contributed by atoms with Crippen LogP contribution < -0.4 is 10.5 Å². The Morgan fingerprint density at radius 3 is 2.68 bits per heavy atom. The number of aliphatic hydroxyl groups excluding tert-OH is 1. The molecule has 2 aromatic carbocycles. The van der Waals surface area contributed by atoms with Crippen LogP contribution in [0.2, 0.25) is 0 Å². The van der Waals surface area contributed by atoms with Crippen molar-refractivity contribution < 1.29 is 9.84 Å². The zero-order valence-electron chi connectivity index (χ0n) is 12.6. The van der Waals surface area contributed by atoms with Crippen molar-refractivity contribution in [1.82, 2.24) is 4.57 Å². The minimum atomic E-state index is -0.427. The molecule has 0 amide bonds. The molecule has 0 aliphatic rings. The predicted molar refractivity (Wildman–Crippen MR) is 88.8 cm³/mol. The van der Waals surface area contributed by atoms with Gasteiger partial charge in [-0.25, -0.2) is 0 Å². The number of aromatic nitrogens is 1. The van der Waals surface area contributed by atoms with E-state index < -0.39 is 6.10 Å². The maximum atomic E-state index is 9.60. The minimum absolute atomic E-state index is 0.427. The lowest BCUT2D eigenvalue weighted by Crippen LogP contribution is -2.10. The Labute approximate surface area is 129 Å². The molecule has 114 valence electrons. The van der Waals surface area contributed by atoms with Crippen LogP contribution in [-0.4, -0.2) is 15.8 Å². The van der Waals surface area contributed by atoms with E-state index in [0.717, 1.165) is 22.2 Å². The molecule has 1 heterocycles. The molecule has 0 saturated carbocycles. The van der Waals surface area contributed by atoms with Crippen LogP contribution in [0.15, 0.2) is 54.7 Å². The van der Waals surface area contributed by atoms with Gasteiger partial charge in [0, 0.05) is 24.2 Å². The highest BCUT2D eigenvalue weighted by atomic mass is 16.5. The topological polar surface area (TPSA) is 60.4 Å². The molecular weight excluding hydrogens is 276 g/mol. The molecule has 22 heavy (non-hydrogen) atoms. The van der Waals surface area contributed by atoms with Crippen molar-refractivity contribution >= 4 is 16.6 Å². The quantitative estimate of drug-likeness (QED) is 0.760. The third-order valence-corrected chi connectivity index (χ3v) is 3.59. The number of hydrogen-bond acceptors (Lipinski definition) is 3. The maximum absolute atomic E-state index is 9.60. The second kappa shape index (κ2) is 6.12. The molecule has 0 fully saturated rings. The largest absolute Gasteiger partial charge is 0.489 e. The predicted octanol–water partition coefficient (Wildman–Crippen LogP) is 3.18. The number of aliphatic hydroxyl groups is 1. The van der Waals surface area contributed by atoms with E-state index in [9.17, 15) is 5.11 Å². The Morgan fingerprint density at radius 1 is 1.18 bits per heavy atom. The summed E-state index contributed by atoms with van der Waals surface area (Å²) in [4.78, 5) is 0. The van der Waals surface area contributed by atoms with Gasteiger partial charge in [-0.3, -0.25) is 0 Å². The number of rotatable bonds is 5. The Balaban J connectivity index is 1.85. The summed E-state index contributed by atoms with van der Waals surface area (Å²) in [5.74, 6) is 0.793. The molecule has 3 rings (SSSR count). The van der Waals surface area contributed by atoms with Crippen molar-refractivity contribution in [3.63, 3.8) is 0 Å². The smallest absolute Gasteiger partial charge is 0.121 e. The highest BCUT2D eigenvalue weighted by Gasteiger charge is 2.09. The summed E-state index contributed by atoms with van der Waals surface area (Å²) >= 11 is 0. The van der Waals surface area contributed by atoms with Gasteiger partial charge in [0.05, 0.1) is 17.3 Å². The van der Waals surface area contributed by atoms with E-state index in [1.54, 1.807) is 6.92 Å². The molecule has 3 N–H and O–H groups in total. The fourth-order valence-corrected chi connectivity index (χ4v) is 2.57. The lowest BCUT2D eigenvalue weighted by molar-refractivity contribution is 0.175. The summed E-state index contributed by atoms with van der Waals surface area (Å²) in [6, 6.07) is 15.9. The third-order valence-electron chi connectivity index (χ3n) is 3.59. The molecule has 0 saturated heterocycles. The molecule has 0 unspecified atom stereocenters. The van der Waals surface area contributed by atoms with Crippen LogP contribution in [-0.2, 0) is 13.2 Å². The van der Waals surface area contributed by atoms with Crippen LogP contribution in [0.4, 0.5) is 5.69 Å². The van der Waals surface area contributed by atoms with Gasteiger partial charge in [0.2, 0.25) is 0 Å². The van der Waals surface area contributed by atoms with E-state index in [-0.39, 0.29) is 0 Å². The first-order chi connectivity index (χ1) is 10.6. The lowest BCUT2D eigenvalue weighted by Gasteiger charge is -2.10. The Bertz CT molecular complexity index is 763. The molecule has 1 aromatic heterocycles. The maximum Gasteiger partial charge on any atom is 0.121 e. The van der Waals surface area contributed by atoms with E-state index in [2.05, 4.69) is 0 Å². The van der Waals surface area contributed by atoms with Gasteiger partial charge in [0.15, 0.2) is 0 Å². The van der Waals surface area contributed by atoms with E-state index >= 15 is 0 Å². The second-order valence-electron chi connectivity index (χ2n) is 5.54. The number of fused-ring (bicyclic) bond motifs is 1. The summed E-state index contributed by atoms with van der Waals surface area (Å²) in [7, 11) is 0. The first-order valence-corrected chi connectivity index (χ1v) is 7.36. The Hall–Kier alpha value is -2.46. The molecule has 0 bridgehead atoms. The number of ether oxygens (including phenoxy) is 1. The van der Waals surface area contributed by atoms with Gasteiger partial charge < -0.3 is 20.1 Å². The molecular formula is C18H20N2O2. The first kappa shape index (κ1) is 14.5. The number of nitrogens with zero attached hydrogens (tertiary/aromatic N) is 1. The average molecular weight is 296 g/mol. The highest BCUT2D eigenvalue weighted by Crippen LogP contribution is 2.28. The molecule has 0 radical (unpaired) electrons. The summed E-state index contributed by atoms with van der Waals surface area (Å²) in [5.41, 5.74) is 8.84. The van der Waals surface area contributed by atoms with Crippen LogP contribution in [0.25, 0.3) is 10.9 Å². The van der Waals surface area contributed by atoms with E-state index in [4.69, 9.17) is 10.5 Å². The van der Waals surface area contributed by atoms with Gasteiger partial charge in [-0.1, -0.05) is 30.3 Å². The molecule has 3 aromatic rings. The van der Waals surface area contributed by atoms with Gasteiger partial charge in [-0.15, -0.1) is 0 Å². The molecule has 0 spiro atoms. The number of benzene rings is 2. The van der Waals surface area contributed by atoms with Crippen LogP contribution >= 0.6 is 0 Å². The van der Waals surface area contributed by atoms with Crippen LogP contribution in [0.1, 0.15) is 12.5 Å². The third kappa shape index (κ3) is 3.07. The van der Waals surface area contributed by atoms with Gasteiger partial charge >= 0.3 is 0 Å². The van der Waals surface area contributed by atoms with Crippen molar-refractivity contribution in [2.75, 3.05) is 5.73 Å². The number of nitrogens with two attached hydrogens (primary N) is 1. The van der Waals surface area contributed by atoms with Crippen molar-refractivity contribution in [3.05, 3.63) is 60.3 Å². The number of nitrogen functional groups attached to an aromatic ring is 1. The standard InChI is InChI=1S/C18H20N2O2/c1-13(21)10-20-11-17(19)16-8-7-15(9-18(16)20)22-12-14-5-3-2-4-6-14/h2-9,11,13,21H,10,12,19H2,1H3/t13-/m1/s1. The van der Waals surface area contributed by atoms with E-state index in [0.29, 0.717) is 18.8 Å². The van der Waals surface area contributed by atoms with Crippen LogP contribution in [0.5, 0.6) is 5.75 Å². The summed E-state index contributed by atoms with van der Waals surface area (Å²) in [6.45, 7) is 2.80. The normalized spacial score (nSPS) is 12.5. The van der Waals surface area contributed by atoms with Gasteiger partial charge in [-0.05, 0) is 24.6 Å². The second-order valence-corrected chi connectivity index (χ2v) is 5.54. The first-order valence-electron chi connectivity index (χ1n) is 7.36. The Morgan fingerprint density at radius 2 is 1.95 bits per heavy atom. The van der Waals surface area contributed by atoms with Crippen molar-refractivity contribution in [2.45, 2.75) is 26.2 Å². The minimum Gasteiger partial charge on any atom is -0.489 e. The van der Waals surface area contributed by atoms with E-state index in [1.807, 2.05) is 59.3 Å². The van der Waals surface area contributed by atoms with Crippen molar-refractivity contribution in [3.8, 4) is 5.75 Å². The number of hydrogen-bond donors (Lipinski definition) is 2. The fourth-order valence-electron chi connectivity index (χ4n) is 2.57. The van der Waals surface area contributed by atoms with Crippen molar-refractivity contribution in [2.24, 2.45) is 0 Å². The fraction of sp³-hybridized carbons (Fsp3) is 0.222. The number of anilines is 1. The molecule has 0 aliphatic carbocycles. The summed E-state index contributed by atoms with van der Waals surface area (Å²) in [5, 5.41) is 10.6. The van der Waals surface area contributed by atoms with Crippen molar-refractivity contribution in [1.29, 1.82) is 0 Å². The Kier molecular flexibility index (Phi) is 4.02. The van der Waals surface area contributed by atoms with Crippen LogP contribution in [0.3, 0.4) is 0 Å². The monoisotopic (exact) mass is 296 g/mol. The average Bonchev–Trinajstić information content (AvgIpc) is 2.81. The van der Waals surface area contributed by atoms with Gasteiger partial charge in [-0.2, -0.15) is 0 Å². The van der Waals surface area contributed by atoms with Crippen LogP contribution in [0, 0.1) is 0 Å². The highest BCUT2D eigenvalue weighted by molar-refractivity contribution is 5.92. The van der Waals surface area contributed by atoms with Gasteiger partial charge in [0.25, 0.3) is 0 Å². The zero-order valence-corrected chi connectivity index (χ0v) is 12.6.